The van der Waals surface area contributed by atoms with E-state index in [1.165, 1.54) is 6.42 Å². The maximum atomic E-state index is 14.1. The molecule has 0 spiro atoms. The smallest absolute Gasteiger partial charge is 0.146 e. The Kier molecular flexibility index (Phi) is 11.6. The molecular weight excluding hydrogens is 412 g/mol. The topological polar surface area (TPSA) is 17.1 Å². The van der Waals surface area contributed by atoms with Crippen LogP contribution < -0.4 is 0 Å². The summed E-state index contributed by atoms with van der Waals surface area (Å²) in [6.45, 7) is 36.5. The van der Waals surface area contributed by atoms with E-state index in [9.17, 15) is 4.79 Å². The van der Waals surface area contributed by atoms with E-state index in [4.69, 9.17) is 0 Å². The highest BCUT2D eigenvalue weighted by Gasteiger charge is 2.52. The van der Waals surface area contributed by atoms with Crippen molar-refractivity contribution in [3.05, 3.63) is 24.8 Å². The van der Waals surface area contributed by atoms with Gasteiger partial charge in [-0.15, -0.1) is 6.58 Å². The van der Waals surface area contributed by atoms with E-state index in [0.717, 1.165) is 38.5 Å². The summed E-state index contributed by atoms with van der Waals surface area (Å²) in [6.07, 6.45) is 14.0. The van der Waals surface area contributed by atoms with Gasteiger partial charge in [0.15, 0.2) is 0 Å². The standard InChI is InChI=1S/C33H62O/c1-16-26(24-28(6,7)8)27(34)33(15,20-5)32(14,19-4)25-30(11,12)31(13,18-3)23-21-22-29(9,10)17-2/h20-21,23,26H,5,16-19,22,24-25H2,1-4,6-15H3. The lowest BCUT2D eigenvalue weighted by molar-refractivity contribution is -0.139. The molecule has 0 aromatic rings. The van der Waals surface area contributed by atoms with Crippen molar-refractivity contribution in [2.75, 3.05) is 0 Å². The van der Waals surface area contributed by atoms with Crippen molar-refractivity contribution in [3.8, 4) is 0 Å². The quantitative estimate of drug-likeness (QED) is 0.216. The normalized spacial score (nSPS) is 19.8. The number of carbonyl (C=O) groups excluding carboxylic acids is 1. The van der Waals surface area contributed by atoms with Gasteiger partial charge >= 0.3 is 0 Å². The molecule has 1 nitrogen and oxygen atoms in total. The molecule has 0 aliphatic carbocycles. The highest BCUT2D eigenvalue weighted by molar-refractivity contribution is 5.89. The first-order chi connectivity index (χ1) is 15.2. The predicted molar refractivity (Wildman–Crippen MR) is 154 cm³/mol. The number of hydrogen-bond acceptors (Lipinski definition) is 1. The van der Waals surface area contributed by atoms with Gasteiger partial charge in [-0.3, -0.25) is 4.79 Å². The first-order valence-electron chi connectivity index (χ1n) is 14.1. The molecule has 0 heterocycles. The van der Waals surface area contributed by atoms with Crippen LogP contribution in [0.1, 0.15) is 142 Å². The van der Waals surface area contributed by atoms with Crippen LogP contribution in [0.4, 0.5) is 0 Å². The summed E-state index contributed by atoms with van der Waals surface area (Å²) in [7, 11) is 0. The first-order valence-corrected chi connectivity index (χ1v) is 14.1. The Morgan fingerprint density at radius 1 is 0.824 bits per heavy atom. The predicted octanol–water partition coefficient (Wildman–Crippen LogP) is 10.8. The van der Waals surface area contributed by atoms with Crippen molar-refractivity contribution < 1.29 is 4.79 Å². The van der Waals surface area contributed by atoms with E-state index < -0.39 is 5.41 Å². The molecule has 1 heteroatoms. The van der Waals surface area contributed by atoms with Gasteiger partial charge in [-0.1, -0.05) is 115 Å². The Morgan fingerprint density at radius 3 is 1.71 bits per heavy atom. The van der Waals surface area contributed by atoms with Crippen LogP contribution in [0, 0.1) is 38.4 Å². The highest BCUT2D eigenvalue weighted by atomic mass is 16.1. The zero-order valence-electron chi connectivity index (χ0n) is 25.9. The third kappa shape index (κ3) is 7.83. The zero-order valence-corrected chi connectivity index (χ0v) is 25.9. The van der Waals surface area contributed by atoms with Crippen LogP contribution in [-0.2, 0) is 4.79 Å². The summed E-state index contributed by atoms with van der Waals surface area (Å²) in [5.74, 6) is 0.462. The van der Waals surface area contributed by atoms with Gasteiger partial charge in [-0.2, -0.15) is 0 Å². The molecule has 200 valence electrons. The Labute approximate surface area is 215 Å². The fourth-order valence-corrected chi connectivity index (χ4v) is 5.69. The summed E-state index contributed by atoms with van der Waals surface area (Å²) in [6, 6.07) is 0. The molecule has 0 aromatic carbocycles. The Bertz CT molecular complexity index is 688. The minimum absolute atomic E-state index is 0.0374. The van der Waals surface area contributed by atoms with E-state index in [1.807, 2.05) is 6.08 Å². The summed E-state index contributed by atoms with van der Waals surface area (Å²) >= 11 is 0. The highest BCUT2D eigenvalue weighted by Crippen LogP contribution is 2.57. The van der Waals surface area contributed by atoms with Crippen molar-refractivity contribution >= 4 is 5.78 Å². The molecule has 0 saturated heterocycles. The van der Waals surface area contributed by atoms with Gasteiger partial charge in [0.05, 0.1) is 0 Å². The summed E-state index contributed by atoms with van der Waals surface area (Å²) in [4.78, 5) is 14.1. The van der Waals surface area contributed by atoms with E-state index in [1.54, 1.807) is 0 Å². The first kappa shape index (κ1) is 33.1. The molecule has 0 radical (unpaired) electrons. The zero-order chi connectivity index (χ0) is 27.2. The SMILES string of the molecule is C=CC(C)(C(=O)C(CC)CC(C)(C)C)C(C)(CC)CC(C)(C)C(C)(C=CCC(C)(C)CC)CC. The number of hydrogen-bond donors (Lipinski definition) is 0. The number of Topliss-reactive ketones (excluding diaryl/α,β-unsaturated/α-hetero) is 1. The molecule has 0 amide bonds. The van der Waals surface area contributed by atoms with Crippen LogP contribution in [0.2, 0.25) is 0 Å². The lowest BCUT2D eigenvalue weighted by Crippen LogP contribution is -2.49. The molecule has 34 heavy (non-hydrogen) atoms. The number of allylic oxidation sites excluding steroid dienone is 3. The van der Waals surface area contributed by atoms with Crippen molar-refractivity contribution in [3.63, 3.8) is 0 Å². The number of rotatable bonds is 15. The lowest BCUT2D eigenvalue weighted by Gasteiger charge is -2.53. The largest absolute Gasteiger partial charge is 0.298 e. The second-order valence-corrected chi connectivity index (χ2v) is 14.5. The van der Waals surface area contributed by atoms with Crippen LogP contribution in [0.5, 0.6) is 0 Å². The van der Waals surface area contributed by atoms with Crippen molar-refractivity contribution in [1.82, 2.24) is 0 Å². The average Bonchev–Trinajstić information content (AvgIpc) is 2.74. The minimum atomic E-state index is -0.548. The average molecular weight is 475 g/mol. The summed E-state index contributed by atoms with van der Waals surface area (Å²) in [5, 5.41) is 0. The summed E-state index contributed by atoms with van der Waals surface area (Å²) in [5.41, 5.74) is -0.133. The molecule has 0 saturated carbocycles. The van der Waals surface area contributed by atoms with E-state index in [-0.39, 0.29) is 27.6 Å². The molecule has 0 aromatic heterocycles. The van der Waals surface area contributed by atoms with Crippen LogP contribution in [0.3, 0.4) is 0 Å². The molecule has 4 unspecified atom stereocenters. The Morgan fingerprint density at radius 2 is 1.35 bits per heavy atom. The molecule has 0 rings (SSSR count). The number of carbonyl (C=O) groups is 1. The summed E-state index contributed by atoms with van der Waals surface area (Å²) < 4.78 is 0. The third-order valence-corrected chi connectivity index (χ3v) is 9.90. The second kappa shape index (κ2) is 11.9. The molecule has 0 N–H and O–H groups in total. The van der Waals surface area contributed by atoms with Gasteiger partial charge in [-0.05, 0) is 72.5 Å². The van der Waals surface area contributed by atoms with Gasteiger partial charge in [0.25, 0.3) is 0 Å². The number of ketones is 1. The van der Waals surface area contributed by atoms with Gasteiger partial charge in [0.1, 0.15) is 5.78 Å². The van der Waals surface area contributed by atoms with Crippen molar-refractivity contribution in [1.29, 1.82) is 0 Å². The van der Waals surface area contributed by atoms with Gasteiger partial charge in [0, 0.05) is 11.3 Å². The van der Waals surface area contributed by atoms with Gasteiger partial charge < -0.3 is 0 Å². The second-order valence-electron chi connectivity index (χ2n) is 14.5. The lowest BCUT2D eigenvalue weighted by atomic mass is 9.50. The van der Waals surface area contributed by atoms with E-state index >= 15 is 0 Å². The maximum Gasteiger partial charge on any atom is 0.146 e. The maximum absolute atomic E-state index is 14.1. The van der Waals surface area contributed by atoms with Crippen molar-refractivity contribution in [2.45, 2.75) is 142 Å². The fourth-order valence-electron chi connectivity index (χ4n) is 5.69. The minimum Gasteiger partial charge on any atom is -0.298 e. The van der Waals surface area contributed by atoms with E-state index in [0.29, 0.717) is 11.2 Å². The fraction of sp³-hybridized carbons (Fsp3) is 0.848. The molecule has 0 aliphatic heterocycles. The Balaban J connectivity index is 6.26. The molecule has 4 atom stereocenters. The van der Waals surface area contributed by atoms with Crippen LogP contribution in [-0.4, -0.2) is 5.78 Å². The van der Waals surface area contributed by atoms with Crippen molar-refractivity contribution in [2.24, 2.45) is 38.4 Å². The van der Waals surface area contributed by atoms with Crippen LogP contribution in [0.25, 0.3) is 0 Å². The monoisotopic (exact) mass is 474 g/mol. The molecule has 0 aliphatic rings. The van der Waals surface area contributed by atoms with Crippen LogP contribution in [0.15, 0.2) is 24.8 Å². The molecule has 0 bridgehead atoms. The molecule has 0 fully saturated rings. The Hall–Kier alpha value is -0.850. The molecular formula is C33H62O. The van der Waals surface area contributed by atoms with Crippen LogP contribution >= 0.6 is 0 Å². The van der Waals surface area contributed by atoms with Gasteiger partial charge in [-0.25, -0.2) is 0 Å². The van der Waals surface area contributed by atoms with Gasteiger partial charge in [0.2, 0.25) is 0 Å². The van der Waals surface area contributed by atoms with E-state index in [2.05, 4.69) is 116 Å². The third-order valence-electron chi connectivity index (χ3n) is 9.90.